The molecule has 0 saturated heterocycles. The standard InChI is InChI=1S/C23H31NO4/c1-16(2)11-12-27-21-10-9-19(13-22(21)26-5)14-24-23(25)15-28-20-8-6-7-17(3)18(20)4/h6-10,13,16H,11-12,14-15H2,1-5H3,(H,24,25). The quantitative estimate of drug-likeness (QED) is 0.657. The van der Waals surface area contributed by atoms with Crippen LogP contribution in [0, 0.1) is 19.8 Å². The minimum absolute atomic E-state index is 0.0160. The van der Waals surface area contributed by atoms with Crippen LogP contribution in [0.3, 0.4) is 0 Å². The number of hydrogen-bond acceptors (Lipinski definition) is 4. The number of amides is 1. The maximum atomic E-state index is 12.1. The Bertz CT molecular complexity index is 786. The van der Waals surface area contributed by atoms with Gasteiger partial charge in [-0.2, -0.15) is 0 Å². The normalized spacial score (nSPS) is 10.6. The lowest BCUT2D eigenvalue weighted by Crippen LogP contribution is -2.28. The zero-order valence-electron chi connectivity index (χ0n) is 17.5. The van der Waals surface area contributed by atoms with Crippen molar-refractivity contribution in [2.24, 2.45) is 5.92 Å². The summed E-state index contributed by atoms with van der Waals surface area (Å²) in [6.07, 6.45) is 0.987. The molecule has 2 rings (SSSR count). The molecular weight excluding hydrogens is 354 g/mol. The number of methoxy groups -OCH3 is 1. The van der Waals surface area contributed by atoms with Gasteiger partial charge in [0, 0.05) is 6.54 Å². The molecule has 28 heavy (non-hydrogen) atoms. The Morgan fingerprint density at radius 1 is 1.04 bits per heavy atom. The first-order valence-electron chi connectivity index (χ1n) is 9.66. The molecule has 0 aliphatic heterocycles. The monoisotopic (exact) mass is 385 g/mol. The SMILES string of the molecule is COc1cc(CNC(=O)COc2cccc(C)c2C)ccc1OCCC(C)C. The molecule has 1 amide bonds. The highest BCUT2D eigenvalue weighted by molar-refractivity contribution is 5.77. The molecular formula is C23H31NO4. The van der Waals surface area contributed by atoms with E-state index in [1.54, 1.807) is 7.11 Å². The molecule has 0 bridgehead atoms. The van der Waals surface area contributed by atoms with Crippen molar-refractivity contribution in [2.75, 3.05) is 20.3 Å². The number of hydrogen-bond donors (Lipinski definition) is 1. The smallest absolute Gasteiger partial charge is 0.258 e. The van der Waals surface area contributed by atoms with E-state index in [1.807, 2.05) is 50.2 Å². The van der Waals surface area contributed by atoms with E-state index >= 15 is 0 Å². The summed E-state index contributed by atoms with van der Waals surface area (Å²) in [5, 5.41) is 2.87. The van der Waals surface area contributed by atoms with Gasteiger partial charge in [-0.25, -0.2) is 0 Å². The Balaban J connectivity index is 1.85. The van der Waals surface area contributed by atoms with Gasteiger partial charge in [0.15, 0.2) is 18.1 Å². The molecule has 0 aliphatic rings. The molecule has 0 atom stereocenters. The summed E-state index contributed by atoms with van der Waals surface area (Å²) in [5.41, 5.74) is 3.13. The lowest BCUT2D eigenvalue weighted by Gasteiger charge is -2.14. The third-order valence-electron chi connectivity index (χ3n) is 4.58. The van der Waals surface area contributed by atoms with Crippen LogP contribution in [0.2, 0.25) is 0 Å². The largest absolute Gasteiger partial charge is 0.493 e. The second-order valence-corrected chi connectivity index (χ2v) is 7.28. The van der Waals surface area contributed by atoms with Crippen molar-refractivity contribution in [3.8, 4) is 17.2 Å². The van der Waals surface area contributed by atoms with Gasteiger partial charge in [-0.1, -0.05) is 32.0 Å². The molecule has 0 heterocycles. The van der Waals surface area contributed by atoms with Crippen molar-refractivity contribution in [1.29, 1.82) is 0 Å². The van der Waals surface area contributed by atoms with Gasteiger partial charge in [0.25, 0.3) is 5.91 Å². The maximum Gasteiger partial charge on any atom is 0.258 e. The van der Waals surface area contributed by atoms with E-state index in [9.17, 15) is 4.79 Å². The van der Waals surface area contributed by atoms with E-state index in [0.717, 1.165) is 34.6 Å². The number of carbonyl (C=O) groups is 1. The second kappa shape index (κ2) is 10.6. The van der Waals surface area contributed by atoms with Crippen molar-refractivity contribution in [1.82, 2.24) is 5.32 Å². The molecule has 2 aromatic carbocycles. The Morgan fingerprint density at radius 3 is 2.54 bits per heavy atom. The van der Waals surface area contributed by atoms with Crippen LogP contribution < -0.4 is 19.5 Å². The van der Waals surface area contributed by atoms with Crippen molar-refractivity contribution >= 4 is 5.91 Å². The fourth-order valence-corrected chi connectivity index (χ4v) is 2.62. The van der Waals surface area contributed by atoms with Crippen LogP contribution in [0.4, 0.5) is 0 Å². The molecule has 0 saturated carbocycles. The summed E-state index contributed by atoms with van der Waals surface area (Å²) in [6, 6.07) is 11.5. The highest BCUT2D eigenvalue weighted by Gasteiger charge is 2.09. The summed E-state index contributed by atoms with van der Waals surface area (Å²) in [7, 11) is 1.62. The van der Waals surface area contributed by atoms with Crippen molar-refractivity contribution in [3.05, 3.63) is 53.1 Å². The van der Waals surface area contributed by atoms with E-state index in [0.29, 0.717) is 24.8 Å². The van der Waals surface area contributed by atoms with Crippen molar-refractivity contribution in [3.63, 3.8) is 0 Å². The zero-order chi connectivity index (χ0) is 20.5. The van der Waals surface area contributed by atoms with E-state index < -0.39 is 0 Å². The molecule has 5 heteroatoms. The van der Waals surface area contributed by atoms with Crippen LogP contribution in [0.25, 0.3) is 0 Å². The predicted molar refractivity (Wildman–Crippen MR) is 111 cm³/mol. The van der Waals surface area contributed by atoms with Gasteiger partial charge in [-0.05, 0) is 61.1 Å². The molecule has 0 unspecified atom stereocenters. The highest BCUT2D eigenvalue weighted by Crippen LogP contribution is 2.28. The average Bonchev–Trinajstić information content (AvgIpc) is 2.67. The molecule has 0 aromatic heterocycles. The van der Waals surface area contributed by atoms with Gasteiger partial charge in [-0.15, -0.1) is 0 Å². The summed E-state index contributed by atoms with van der Waals surface area (Å²) >= 11 is 0. The van der Waals surface area contributed by atoms with Crippen LogP contribution in [0.15, 0.2) is 36.4 Å². The summed E-state index contributed by atoms with van der Waals surface area (Å²) in [4.78, 5) is 12.1. The Labute approximate surface area is 168 Å². The third kappa shape index (κ3) is 6.48. The highest BCUT2D eigenvalue weighted by atomic mass is 16.5. The van der Waals surface area contributed by atoms with Gasteiger partial charge in [0.05, 0.1) is 13.7 Å². The lowest BCUT2D eigenvalue weighted by molar-refractivity contribution is -0.123. The van der Waals surface area contributed by atoms with Crippen LogP contribution in [0.5, 0.6) is 17.2 Å². The number of nitrogens with one attached hydrogen (secondary N) is 1. The molecule has 1 N–H and O–H groups in total. The molecule has 0 aliphatic carbocycles. The van der Waals surface area contributed by atoms with Crippen molar-refractivity contribution in [2.45, 2.75) is 40.7 Å². The number of benzene rings is 2. The molecule has 152 valence electrons. The maximum absolute atomic E-state index is 12.1. The summed E-state index contributed by atoms with van der Waals surface area (Å²) in [5.74, 6) is 2.54. The lowest BCUT2D eigenvalue weighted by atomic mass is 10.1. The van der Waals surface area contributed by atoms with Crippen LogP contribution >= 0.6 is 0 Å². The number of ether oxygens (including phenoxy) is 3. The van der Waals surface area contributed by atoms with Crippen molar-refractivity contribution < 1.29 is 19.0 Å². The first kappa shape index (κ1) is 21.6. The minimum Gasteiger partial charge on any atom is -0.493 e. The number of aryl methyl sites for hydroxylation is 1. The third-order valence-corrected chi connectivity index (χ3v) is 4.58. The molecule has 0 radical (unpaired) electrons. The second-order valence-electron chi connectivity index (χ2n) is 7.28. The molecule has 0 spiro atoms. The molecule has 5 nitrogen and oxygen atoms in total. The van der Waals surface area contributed by atoms with E-state index in [2.05, 4.69) is 19.2 Å². The fourth-order valence-electron chi connectivity index (χ4n) is 2.62. The van der Waals surface area contributed by atoms with E-state index in [4.69, 9.17) is 14.2 Å². The van der Waals surface area contributed by atoms with Crippen LogP contribution in [-0.2, 0) is 11.3 Å². The first-order valence-corrected chi connectivity index (χ1v) is 9.66. The van der Waals surface area contributed by atoms with Gasteiger partial charge >= 0.3 is 0 Å². The molecule has 0 fully saturated rings. The Kier molecular flexibility index (Phi) is 8.18. The van der Waals surface area contributed by atoms with Gasteiger partial charge in [0.2, 0.25) is 0 Å². The van der Waals surface area contributed by atoms with Crippen LogP contribution in [-0.4, -0.2) is 26.2 Å². The first-order chi connectivity index (χ1) is 13.4. The average molecular weight is 386 g/mol. The Morgan fingerprint density at radius 2 is 1.82 bits per heavy atom. The summed E-state index contributed by atoms with van der Waals surface area (Å²) in [6.45, 7) is 9.37. The molecule has 2 aromatic rings. The van der Waals surface area contributed by atoms with Gasteiger partial charge in [-0.3, -0.25) is 4.79 Å². The topological polar surface area (TPSA) is 56.8 Å². The fraction of sp³-hybridized carbons (Fsp3) is 0.435. The van der Waals surface area contributed by atoms with Gasteiger partial charge in [0.1, 0.15) is 5.75 Å². The zero-order valence-corrected chi connectivity index (χ0v) is 17.5. The number of carbonyl (C=O) groups excluding carboxylic acids is 1. The van der Waals surface area contributed by atoms with E-state index in [1.165, 1.54) is 0 Å². The Hall–Kier alpha value is -2.69. The minimum atomic E-state index is -0.169. The predicted octanol–water partition coefficient (Wildman–Crippen LogP) is 4.43. The van der Waals surface area contributed by atoms with Crippen LogP contribution in [0.1, 0.15) is 37.0 Å². The van der Waals surface area contributed by atoms with Gasteiger partial charge < -0.3 is 19.5 Å². The van der Waals surface area contributed by atoms with E-state index in [-0.39, 0.29) is 12.5 Å². The summed E-state index contributed by atoms with van der Waals surface area (Å²) < 4.78 is 16.9. The number of rotatable bonds is 10.